The van der Waals surface area contributed by atoms with Gasteiger partial charge in [0.25, 0.3) is 11.8 Å². The average Bonchev–Trinajstić information content (AvgIpc) is 3.79. The molecule has 4 aromatic heterocycles. The zero-order chi connectivity index (χ0) is 36.7. The molecule has 5 aromatic rings. The molecule has 1 aliphatic heterocycles. The van der Waals surface area contributed by atoms with Gasteiger partial charge in [-0.25, -0.2) is 20.2 Å². The van der Waals surface area contributed by atoms with Gasteiger partial charge in [0.05, 0.1) is 42.8 Å². The van der Waals surface area contributed by atoms with Crippen LogP contribution < -0.4 is 20.8 Å². The number of aryl methyl sites for hydroxylation is 1. The van der Waals surface area contributed by atoms with Crippen LogP contribution in [0.25, 0.3) is 28.1 Å². The van der Waals surface area contributed by atoms with Crippen LogP contribution in [0.4, 0.5) is 4.79 Å². The largest absolute Gasteiger partial charge is 0.482 e. The van der Waals surface area contributed by atoms with E-state index in [1.807, 2.05) is 63.3 Å². The number of methoxy groups -OCH3 is 1. The smallest absolute Gasteiger partial charge is 0.407 e. The third-order valence-electron chi connectivity index (χ3n) is 9.51. The van der Waals surface area contributed by atoms with Gasteiger partial charge in [0.2, 0.25) is 0 Å². The summed E-state index contributed by atoms with van der Waals surface area (Å²) in [6, 6.07) is 18.2. The Labute approximate surface area is 302 Å². The van der Waals surface area contributed by atoms with Gasteiger partial charge in [-0.1, -0.05) is 18.2 Å². The van der Waals surface area contributed by atoms with Gasteiger partial charge >= 0.3 is 6.09 Å². The molecule has 1 aliphatic carbocycles. The summed E-state index contributed by atoms with van der Waals surface area (Å²) < 4.78 is 15.4. The van der Waals surface area contributed by atoms with Crippen LogP contribution in [0.5, 0.6) is 5.88 Å². The van der Waals surface area contributed by atoms with Gasteiger partial charge in [-0.15, -0.1) is 0 Å². The Bertz CT molecular complexity index is 2150. The zero-order valence-electron chi connectivity index (χ0n) is 30.5. The lowest BCUT2D eigenvalue weighted by Crippen LogP contribution is -2.57. The molecule has 2 fully saturated rings. The number of imidazole rings is 1. The lowest BCUT2D eigenvalue weighted by atomic mass is 10.1. The molecule has 3 N–H and O–H groups in total. The van der Waals surface area contributed by atoms with E-state index >= 15 is 0 Å². The summed E-state index contributed by atoms with van der Waals surface area (Å²) in [4.78, 5) is 49.4. The zero-order valence-corrected chi connectivity index (χ0v) is 30.5. The van der Waals surface area contributed by atoms with Crippen LogP contribution in [0, 0.1) is 12.8 Å². The number of hydrazine groups is 1. The maximum absolute atomic E-state index is 13.9. The first kappa shape index (κ1) is 35.0. The third-order valence-corrected chi connectivity index (χ3v) is 9.51. The molecule has 272 valence electrons. The van der Waals surface area contributed by atoms with E-state index in [0.29, 0.717) is 41.5 Å². The second kappa shape index (κ2) is 13.9. The van der Waals surface area contributed by atoms with Crippen molar-refractivity contribution in [2.45, 2.75) is 78.1 Å². The summed E-state index contributed by atoms with van der Waals surface area (Å²) in [7, 11) is 1.58. The van der Waals surface area contributed by atoms with Crippen molar-refractivity contribution in [2.24, 2.45) is 5.92 Å². The highest BCUT2D eigenvalue weighted by Gasteiger charge is 2.30. The molecule has 1 saturated heterocycles. The first-order valence-corrected chi connectivity index (χ1v) is 17.9. The van der Waals surface area contributed by atoms with Crippen LogP contribution in [-0.4, -0.2) is 73.7 Å². The van der Waals surface area contributed by atoms with Gasteiger partial charge in [-0.05, 0) is 96.2 Å². The minimum absolute atomic E-state index is 0.149. The standard InChI is InChI=1S/C39H46N8O5/c1-23(41-36(48)26-10-8-7-9-11-26)30-15-14-27-18-31(45(35(27)43-30)21-25-12-13-25)34-24(2)47-32(44-34)19-28(20-33(47)51-6)37(49)46-22-29(16-17-40-46)42-38(50)52-39(3,4)5/h7-11,14-15,18-20,23,25,29,40H,12-13,16-17,21-22H2,1-6H3,(H,41,48)(H,42,50)/t23-,29-/m1/s1. The summed E-state index contributed by atoms with van der Waals surface area (Å²) in [6.07, 6.45) is 2.46. The summed E-state index contributed by atoms with van der Waals surface area (Å²) in [5.74, 6) is 0.624. The van der Waals surface area contributed by atoms with Crippen LogP contribution in [-0.2, 0) is 11.3 Å². The van der Waals surface area contributed by atoms with E-state index in [1.165, 1.54) is 5.01 Å². The Morgan fingerprint density at radius 3 is 2.48 bits per heavy atom. The maximum Gasteiger partial charge on any atom is 0.407 e. The average molecular weight is 707 g/mol. The summed E-state index contributed by atoms with van der Waals surface area (Å²) in [6.45, 7) is 11.0. The van der Waals surface area contributed by atoms with Crippen molar-refractivity contribution >= 4 is 34.6 Å². The third kappa shape index (κ3) is 7.31. The Morgan fingerprint density at radius 2 is 1.77 bits per heavy atom. The number of rotatable bonds is 9. The summed E-state index contributed by atoms with van der Waals surface area (Å²) >= 11 is 0. The van der Waals surface area contributed by atoms with Crippen LogP contribution in [0.1, 0.15) is 85.1 Å². The molecule has 1 aromatic carbocycles. The van der Waals surface area contributed by atoms with Gasteiger partial charge in [0.15, 0.2) is 5.88 Å². The summed E-state index contributed by atoms with van der Waals surface area (Å²) in [5.41, 5.74) is 8.30. The number of nitrogens with zero attached hydrogens (tertiary/aromatic N) is 5. The van der Waals surface area contributed by atoms with Gasteiger partial charge in [0, 0.05) is 35.7 Å². The SMILES string of the molecule is COc1cc(C(=O)N2C[C@H](NC(=O)OC(C)(C)C)CCN2)cc2nc(-c3cc4ccc([C@@H](C)NC(=O)c5ccccc5)nc4n3CC3CC3)c(C)n12. The quantitative estimate of drug-likeness (QED) is 0.174. The molecule has 3 amide bonds. The minimum atomic E-state index is -0.619. The molecular weight excluding hydrogens is 660 g/mol. The predicted molar refractivity (Wildman–Crippen MR) is 197 cm³/mol. The first-order chi connectivity index (χ1) is 24.9. The number of amides is 3. The summed E-state index contributed by atoms with van der Waals surface area (Å²) in [5, 5.41) is 8.47. The lowest BCUT2D eigenvalue weighted by Gasteiger charge is -2.34. The number of nitrogens with one attached hydrogen (secondary N) is 3. The van der Waals surface area contributed by atoms with E-state index in [2.05, 4.69) is 32.8 Å². The molecular formula is C39H46N8O5. The molecule has 2 aliphatic rings. The molecule has 0 radical (unpaired) electrons. The second-order valence-corrected chi connectivity index (χ2v) is 14.8. The molecule has 2 atom stereocenters. The Hall–Kier alpha value is -5.43. The molecule has 13 heteroatoms. The molecule has 5 heterocycles. The fraction of sp³-hybridized carbons (Fsp3) is 0.410. The highest BCUT2D eigenvalue weighted by Crippen LogP contribution is 2.37. The predicted octanol–water partition coefficient (Wildman–Crippen LogP) is 5.81. The van der Waals surface area contributed by atoms with E-state index in [1.54, 1.807) is 31.4 Å². The van der Waals surface area contributed by atoms with E-state index in [0.717, 1.165) is 53.2 Å². The number of hydrogen-bond donors (Lipinski definition) is 3. The Morgan fingerprint density at radius 1 is 1.00 bits per heavy atom. The lowest BCUT2D eigenvalue weighted by molar-refractivity contribution is 0.0404. The van der Waals surface area contributed by atoms with E-state index in [4.69, 9.17) is 19.4 Å². The highest BCUT2D eigenvalue weighted by molar-refractivity contribution is 5.96. The molecule has 1 saturated carbocycles. The number of carbonyl (C=O) groups excluding carboxylic acids is 3. The van der Waals surface area contributed by atoms with Crippen molar-refractivity contribution in [3.8, 4) is 17.3 Å². The van der Waals surface area contributed by atoms with Gasteiger partial charge in [-0.2, -0.15) is 0 Å². The van der Waals surface area contributed by atoms with Gasteiger partial charge < -0.3 is 24.7 Å². The van der Waals surface area contributed by atoms with Gasteiger partial charge in [-0.3, -0.25) is 19.0 Å². The van der Waals surface area contributed by atoms with Crippen molar-refractivity contribution in [3.63, 3.8) is 0 Å². The number of hydrogen-bond acceptors (Lipinski definition) is 8. The van der Waals surface area contributed by atoms with E-state index < -0.39 is 11.7 Å². The maximum atomic E-state index is 13.9. The number of carbonyl (C=O) groups is 3. The van der Waals surface area contributed by atoms with Crippen LogP contribution in [0.3, 0.4) is 0 Å². The molecule has 0 unspecified atom stereocenters. The van der Waals surface area contributed by atoms with Crippen molar-refractivity contribution in [1.82, 2.24) is 40.0 Å². The van der Waals surface area contributed by atoms with Crippen LogP contribution in [0.2, 0.25) is 0 Å². The molecule has 0 spiro atoms. The van der Waals surface area contributed by atoms with E-state index in [9.17, 15) is 14.4 Å². The van der Waals surface area contributed by atoms with Gasteiger partial charge in [0.1, 0.15) is 22.6 Å². The number of alkyl carbamates (subject to hydrolysis) is 1. The number of aromatic nitrogens is 4. The van der Waals surface area contributed by atoms with Crippen LogP contribution >= 0.6 is 0 Å². The van der Waals surface area contributed by atoms with E-state index in [-0.39, 0.29) is 30.4 Å². The van der Waals surface area contributed by atoms with Crippen molar-refractivity contribution in [1.29, 1.82) is 0 Å². The molecule has 0 bridgehead atoms. The molecule has 7 rings (SSSR count). The van der Waals surface area contributed by atoms with Crippen molar-refractivity contribution < 1.29 is 23.9 Å². The Kier molecular flexibility index (Phi) is 9.38. The fourth-order valence-electron chi connectivity index (χ4n) is 6.71. The minimum Gasteiger partial charge on any atom is -0.482 e. The van der Waals surface area contributed by atoms with Crippen LogP contribution in [0.15, 0.2) is 60.7 Å². The number of benzene rings is 1. The number of pyridine rings is 2. The fourth-order valence-corrected chi connectivity index (χ4v) is 6.71. The van der Waals surface area contributed by atoms with Crippen molar-refractivity contribution in [3.05, 3.63) is 83.2 Å². The monoisotopic (exact) mass is 706 g/mol. The topological polar surface area (TPSA) is 144 Å². The molecule has 13 nitrogen and oxygen atoms in total. The second-order valence-electron chi connectivity index (χ2n) is 14.8. The van der Waals surface area contributed by atoms with Crippen molar-refractivity contribution in [2.75, 3.05) is 20.2 Å². The normalized spacial score (nSPS) is 16.9. The Balaban J connectivity index is 1.19. The highest BCUT2D eigenvalue weighted by atomic mass is 16.6. The number of ether oxygens (including phenoxy) is 2. The molecule has 52 heavy (non-hydrogen) atoms. The first-order valence-electron chi connectivity index (χ1n) is 17.9. The number of fused-ring (bicyclic) bond motifs is 2.